The van der Waals surface area contributed by atoms with Crippen LogP contribution in [0.25, 0.3) is 22.4 Å². The highest BCUT2D eigenvalue weighted by Gasteiger charge is 2.15. The standard InChI is InChI=1S/C22H18ClN3O/c1-15-10-12-16(13-11-15)22-25-19-8-4-5-9-20(19)26(22)14-21(27)24-18-7-3-2-6-17(18)23/h2-13H,14H2,1H3,(H,24,27). The van der Waals surface area contributed by atoms with Crippen LogP contribution in [0.3, 0.4) is 0 Å². The van der Waals surface area contributed by atoms with E-state index in [9.17, 15) is 4.79 Å². The summed E-state index contributed by atoms with van der Waals surface area (Å²) in [5.41, 5.74) is 4.53. The summed E-state index contributed by atoms with van der Waals surface area (Å²) in [6.45, 7) is 2.19. The van der Waals surface area contributed by atoms with E-state index in [1.165, 1.54) is 5.56 Å². The Morgan fingerprint density at radius 1 is 1.00 bits per heavy atom. The van der Waals surface area contributed by atoms with Gasteiger partial charge in [0, 0.05) is 5.56 Å². The zero-order valence-electron chi connectivity index (χ0n) is 14.8. The van der Waals surface area contributed by atoms with Crippen molar-refractivity contribution in [3.05, 3.63) is 83.4 Å². The lowest BCUT2D eigenvalue weighted by Gasteiger charge is -2.11. The van der Waals surface area contributed by atoms with Gasteiger partial charge in [0.1, 0.15) is 12.4 Å². The van der Waals surface area contributed by atoms with E-state index in [-0.39, 0.29) is 12.5 Å². The largest absolute Gasteiger partial charge is 0.323 e. The van der Waals surface area contributed by atoms with Crippen molar-refractivity contribution in [3.63, 3.8) is 0 Å². The topological polar surface area (TPSA) is 46.9 Å². The van der Waals surface area contributed by atoms with Gasteiger partial charge >= 0.3 is 0 Å². The van der Waals surface area contributed by atoms with Gasteiger partial charge in [-0.3, -0.25) is 4.79 Å². The number of carbonyl (C=O) groups is 1. The Balaban J connectivity index is 1.71. The van der Waals surface area contributed by atoms with Crippen molar-refractivity contribution in [2.75, 3.05) is 5.32 Å². The molecule has 1 heterocycles. The molecule has 4 rings (SSSR count). The molecule has 0 radical (unpaired) electrons. The summed E-state index contributed by atoms with van der Waals surface area (Å²) in [6.07, 6.45) is 0. The van der Waals surface area contributed by atoms with Crippen molar-refractivity contribution in [2.45, 2.75) is 13.5 Å². The summed E-state index contributed by atoms with van der Waals surface area (Å²) in [4.78, 5) is 17.4. The lowest BCUT2D eigenvalue weighted by atomic mass is 10.1. The quantitative estimate of drug-likeness (QED) is 0.525. The second kappa shape index (κ2) is 7.25. The molecule has 0 unspecified atom stereocenters. The molecule has 0 spiro atoms. The molecule has 1 aromatic heterocycles. The minimum Gasteiger partial charge on any atom is -0.323 e. The third-order valence-corrected chi connectivity index (χ3v) is 4.74. The number of hydrogen-bond acceptors (Lipinski definition) is 2. The van der Waals surface area contributed by atoms with Gasteiger partial charge in [0.15, 0.2) is 0 Å². The fourth-order valence-electron chi connectivity index (χ4n) is 3.05. The van der Waals surface area contributed by atoms with E-state index in [2.05, 4.69) is 5.32 Å². The van der Waals surface area contributed by atoms with E-state index < -0.39 is 0 Å². The number of anilines is 1. The molecule has 4 aromatic rings. The van der Waals surface area contributed by atoms with Crippen molar-refractivity contribution < 1.29 is 4.79 Å². The maximum absolute atomic E-state index is 12.7. The first-order chi connectivity index (χ1) is 13.1. The number of halogens is 1. The Hall–Kier alpha value is -3.11. The molecule has 0 aliphatic rings. The van der Waals surface area contributed by atoms with Gasteiger partial charge in [-0.25, -0.2) is 4.98 Å². The highest BCUT2D eigenvalue weighted by Crippen LogP contribution is 2.26. The number of rotatable bonds is 4. The molecule has 0 saturated heterocycles. The third-order valence-electron chi connectivity index (χ3n) is 4.41. The predicted octanol–water partition coefficient (Wildman–Crippen LogP) is 5.30. The van der Waals surface area contributed by atoms with Gasteiger partial charge in [0.2, 0.25) is 5.91 Å². The van der Waals surface area contributed by atoms with Gasteiger partial charge < -0.3 is 9.88 Å². The Morgan fingerprint density at radius 3 is 2.48 bits per heavy atom. The number of aromatic nitrogens is 2. The van der Waals surface area contributed by atoms with Gasteiger partial charge in [0.05, 0.1) is 21.7 Å². The number of imidazole rings is 1. The summed E-state index contributed by atoms with van der Waals surface area (Å²) in [6, 6.07) is 23.2. The molecule has 0 aliphatic carbocycles. The van der Waals surface area contributed by atoms with Crippen molar-refractivity contribution in [2.24, 2.45) is 0 Å². The summed E-state index contributed by atoms with van der Waals surface area (Å²) in [7, 11) is 0. The van der Waals surface area contributed by atoms with E-state index in [4.69, 9.17) is 16.6 Å². The number of nitrogens with one attached hydrogen (secondary N) is 1. The first kappa shape index (κ1) is 17.3. The highest BCUT2D eigenvalue weighted by atomic mass is 35.5. The Kier molecular flexibility index (Phi) is 4.65. The van der Waals surface area contributed by atoms with Gasteiger partial charge in [0.25, 0.3) is 0 Å². The predicted molar refractivity (Wildman–Crippen MR) is 110 cm³/mol. The number of amides is 1. The van der Waals surface area contributed by atoms with Crippen LogP contribution in [-0.4, -0.2) is 15.5 Å². The van der Waals surface area contributed by atoms with Gasteiger partial charge in [-0.1, -0.05) is 65.7 Å². The second-order valence-electron chi connectivity index (χ2n) is 6.40. The Bertz CT molecular complexity index is 1120. The smallest absolute Gasteiger partial charge is 0.244 e. The molecule has 0 aliphatic heterocycles. The average Bonchev–Trinajstić information content (AvgIpc) is 3.03. The molecule has 5 heteroatoms. The zero-order valence-corrected chi connectivity index (χ0v) is 15.6. The van der Waals surface area contributed by atoms with E-state index >= 15 is 0 Å². The molecule has 1 N–H and O–H groups in total. The van der Waals surface area contributed by atoms with Crippen LogP contribution in [0.5, 0.6) is 0 Å². The molecule has 0 atom stereocenters. The summed E-state index contributed by atoms with van der Waals surface area (Å²) >= 11 is 6.15. The number of fused-ring (bicyclic) bond motifs is 1. The molecule has 4 nitrogen and oxygen atoms in total. The SMILES string of the molecule is Cc1ccc(-c2nc3ccccc3n2CC(=O)Nc2ccccc2Cl)cc1. The molecule has 3 aromatic carbocycles. The van der Waals surface area contributed by atoms with Crippen LogP contribution in [0, 0.1) is 6.92 Å². The second-order valence-corrected chi connectivity index (χ2v) is 6.81. The number of carbonyl (C=O) groups excluding carboxylic acids is 1. The minimum atomic E-state index is -0.153. The fourth-order valence-corrected chi connectivity index (χ4v) is 3.24. The molecule has 0 fully saturated rings. The van der Waals surface area contributed by atoms with Crippen LogP contribution in [-0.2, 0) is 11.3 Å². The van der Waals surface area contributed by atoms with E-state index in [1.54, 1.807) is 12.1 Å². The van der Waals surface area contributed by atoms with Crippen molar-refractivity contribution >= 4 is 34.2 Å². The average molecular weight is 376 g/mol. The lowest BCUT2D eigenvalue weighted by molar-refractivity contribution is -0.116. The third kappa shape index (κ3) is 3.57. The number of hydrogen-bond donors (Lipinski definition) is 1. The number of aryl methyl sites for hydroxylation is 1. The van der Waals surface area contributed by atoms with Crippen LogP contribution in [0.4, 0.5) is 5.69 Å². The van der Waals surface area contributed by atoms with Gasteiger partial charge in [-0.2, -0.15) is 0 Å². The molecule has 0 saturated carbocycles. The van der Waals surface area contributed by atoms with Crippen LogP contribution in [0.2, 0.25) is 5.02 Å². The van der Waals surface area contributed by atoms with Gasteiger partial charge in [-0.15, -0.1) is 0 Å². The monoisotopic (exact) mass is 375 g/mol. The highest BCUT2D eigenvalue weighted by molar-refractivity contribution is 6.33. The number of nitrogens with zero attached hydrogens (tertiary/aromatic N) is 2. The van der Waals surface area contributed by atoms with Crippen LogP contribution < -0.4 is 5.32 Å². The van der Waals surface area contributed by atoms with Crippen LogP contribution in [0.1, 0.15) is 5.56 Å². The van der Waals surface area contributed by atoms with E-state index in [0.29, 0.717) is 10.7 Å². The normalized spacial score (nSPS) is 10.9. The fraction of sp³-hybridized carbons (Fsp3) is 0.0909. The molecular weight excluding hydrogens is 358 g/mol. The van der Waals surface area contributed by atoms with E-state index in [0.717, 1.165) is 22.4 Å². The molecule has 1 amide bonds. The van der Waals surface area contributed by atoms with Gasteiger partial charge in [-0.05, 0) is 31.2 Å². The molecule has 27 heavy (non-hydrogen) atoms. The van der Waals surface area contributed by atoms with Crippen molar-refractivity contribution in [1.82, 2.24) is 9.55 Å². The Labute approximate surface area is 162 Å². The summed E-state index contributed by atoms with van der Waals surface area (Å²) < 4.78 is 1.94. The molecular formula is C22H18ClN3O. The molecule has 134 valence electrons. The maximum Gasteiger partial charge on any atom is 0.244 e. The van der Waals surface area contributed by atoms with Crippen molar-refractivity contribution in [3.8, 4) is 11.4 Å². The minimum absolute atomic E-state index is 0.148. The number of para-hydroxylation sites is 3. The van der Waals surface area contributed by atoms with E-state index in [1.807, 2.05) is 72.2 Å². The first-order valence-electron chi connectivity index (χ1n) is 8.68. The Morgan fingerprint density at radius 2 is 1.70 bits per heavy atom. The summed E-state index contributed by atoms with van der Waals surface area (Å²) in [5, 5.41) is 3.40. The number of benzene rings is 3. The zero-order chi connectivity index (χ0) is 18.8. The first-order valence-corrected chi connectivity index (χ1v) is 9.06. The van der Waals surface area contributed by atoms with Crippen LogP contribution >= 0.6 is 11.6 Å². The van der Waals surface area contributed by atoms with Crippen molar-refractivity contribution in [1.29, 1.82) is 0 Å². The van der Waals surface area contributed by atoms with Crippen LogP contribution in [0.15, 0.2) is 72.8 Å². The lowest BCUT2D eigenvalue weighted by Crippen LogP contribution is -2.19. The summed E-state index contributed by atoms with van der Waals surface area (Å²) in [5.74, 6) is 0.616. The maximum atomic E-state index is 12.7. The molecule has 0 bridgehead atoms.